The number of alkyl halides is 1. The monoisotopic (exact) mass is 376 g/mol. The SMILES string of the molecule is O=C(O)CCC/C=C\C[C@H]1[C@H](F)CC[C@@H]1/C=C/[C@H](O)COc1ccccc1. The predicted molar refractivity (Wildman–Crippen MR) is 103 cm³/mol. The third-order valence-electron chi connectivity index (χ3n) is 4.87. The number of carboxylic acids is 1. The molecule has 4 nitrogen and oxygen atoms in total. The molecule has 0 amide bonds. The van der Waals surface area contributed by atoms with Gasteiger partial charge in [0.1, 0.15) is 24.6 Å². The highest BCUT2D eigenvalue weighted by atomic mass is 19.1. The first-order chi connectivity index (χ1) is 13.1. The molecule has 148 valence electrons. The van der Waals surface area contributed by atoms with Crippen molar-refractivity contribution in [3.8, 4) is 5.75 Å². The van der Waals surface area contributed by atoms with Gasteiger partial charge in [0.2, 0.25) is 0 Å². The molecule has 1 aliphatic carbocycles. The highest BCUT2D eigenvalue weighted by molar-refractivity contribution is 5.66. The van der Waals surface area contributed by atoms with Crippen LogP contribution in [0.1, 0.15) is 38.5 Å². The van der Waals surface area contributed by atoms with E-state index in [4.69, 9.17) is 9.84 Å². The molecule has 0 aromatic heterocycles. The summed E-state index contributed by atoms with van der Waals surface area (Å²) >= 11 is 0. The van der Waals surface area contributed by atoms with E-state index in [1.165, 1.54) is 0 Å². The van der Waals surface area contributed by atoms with Crippen molar-refractivity contribution in [3.05, 3.63) is 54.6 Å². The summed E-state index contributed by atoms with van der Waals surface area (Å²) in [6, 6.07) is 9.31. The number of aliphatic carboxylic acids is 1. The van der Waals surface area contributed by atoms with E-state index in [1.54, 1.807) is 6.08 Å². The van der Waals surface area contributed by atoms with Crippen molar-refractivity contribution in [2.75, 3.05) is 6.61 Å². The third-order valence-corrected chi connectivity index (χ3v) is 4.87. The summed E-state index contributed by atoms with van der Waals surface area (Å²) in [5.41, 5.74) is 0. The highest BCUT2D eigenvalue weighted by Gasteiger charge is 2.33. The second kappa shape index (κ2) is 11.5. The van der Waals surface area contributed by atoms with Gasteiger partial charge in [0.05, 0.1) is 0 Å². The zero-order chi connectivity index (χ0) is 19.5. The van der Waals surface area contributed by atoms with Gasteiger partial charge in [0, 0.05) is 6.42 Å². The molecule has 2 rings (SSSR count). The molecule has 4 atom stereocenters. The molecule has 2 N–H and O–H groups in total. The number of halogens is 1. The van der Waals surface area contributed by atoms with E-state index in [9.17, 15) is 14.3 Å². The molecule has 0 spiro atoms. The third kappa shape index (κ3) is 7.95. The van der Waals surface area contributed by atoms with Gasteiger partial charge < -0.3 is 14.9 Å². The van der Waals surface area contributed by atoms with E-state index in [2.05, 4.69) is 0 Å². The number of aliphatic hydroxyl groups is 1. The summed E-state index contributed by atoms with van der Waals surface area (Å²) in [6.07, 6.45) is 9.39. The smallest absolute Gasteiger partial charge is 0.303 e. The maximum Gasteiger partial charge on any atom is 0.303 e. The molecule has 1 fully saturated rings. The maximum absolute atomic E-state index is 14.2. The summed E-state index contributed by atoms with van der Waals surface area (Å²) in [7, 11) is 0. The molecule has 0 bridgehead atoms. The number of allylic oxidation sites excluding steroid dienone is 3. The Morgan fingerprint density at radius 2 is 2.04 bits per heavy atom. The fraction of sp³-hybridized carbons (Fsp3) is 0.500. The van der Waals surface area contributed by atoms with Crippen LogP contribution in [0.5, 0.6) is 5.75 Å². The van der Waals surface area contributed by atoms with Crippen LogP contribution in [0.15, 0.2) is 54.6 Å². The first kappa shape index (κ1) is 21.2. The molecular weight excluding hydrogens is 347 g/mol. The lowest BCUT2D eigenvalue weighted by Crippen LogP contribution is -2.17. The maximum atomic E-state index is 14.2. The van der Waals surface area contributed by atoms with Crippen molar-refractivity contribution >= 4 is 5.97 Å². The van der Waals surface area contributed by atoms with Crippen LogP contribution >= 0.6 is 0 Å². The first-order valence-corrected chi connectivity index (χ1v) is 9.61. The lowest BCUT2D eigenvalue weighted by molar-refractivity contribution is -0.137. The number of carboxylic acid groups (broad SMARTS) is 1. The minimum absolute atomic E-state index is 0.0841. The summed E-state index contributed by atoms with van der Waals surface area (Å²) in [5, 5.41) is 18.7. The molecule has 0 aliphatic heterocycles. The minimum Gasteiger partial charge on any atom is -0.491 e. The van der Waals surface area contributed by atoms with Crippen LogP contribution in [0.4, 0.5) is 4.39 Å². The number of ether oxygens (including phenoxy) is 1. The van der Waals surface area contributed by atoms with E-state index in [0.717, 1.165) is 6.42 Å². The van der Waals surface area contributed by atoms with Crippen molar-refractivity contribution < 1.29 is 24.1 Å². The molecule has 1 aromatic carbocycles. The van der Waals surface area contributed by atoms with E-state index in [0.29, 0.717) is 31.4 Å². The van der Waals surface area contributed by atoms with Crippen molar-refractivity contribution in [3.63, 3.8) is 0 Å². The standard InChI is InChI=1S/C22H29FO4/c23-21-15-13-17(20(21)10-6-1-2-7-11-22(25)26)12-14-18(24)16-27-19-8-4-3-5-9-19/h1,3-6,8-9,12,14,17-18,20-21,24H,2,7,10-11,13,15-16H2,(H,25,26)/b6-1-,14-12+/t17-,18-,20+,21+/m0/s1. The Balaban J connectivity index is 1.75. The second-order valence-corrected chi connectivity index (χ2v) is 6.99. The second-order valence-electron chi connectivity index (χ2n) is 6.99. The molecule has 0 heterocycles. The van der Waals surface area contributed by atoms with E-state index < -0.39 is 18.2 Å². The largest absolute Gasteiger partial charge is 0.491 e. The number of hydrogen-bond donors (Lipinski definition) is 2. The van der Waals surface area contributed by atoms with Crippen molar-refractivity contribution in [2.45, 2.75) is 50.8 Å². The van der Waals surface area contributed by atoms with E-state index in [-0.39, 0.29) is 24.9 Å². The van der Waals surface area contributed by atoms with E-state index >= 15 is 0 Å². The summed E-state index contributed by atoms with van der Waals surface area (Å²) < 4.78 is 19.7. The van der Waals surface area contributed by atoms with Gasteiger partial charge in [-0.1, -0.05) is 42.5 Å². The van der Waals surface area contributed by atoms with Gasteiger partial charge in [-0.05, 0) is 56.1 Å². The van der Waals surface area contributed by atoms with Crippen LogP contribution in [0.25, 0.3) is 0 Å². The Kier molecular flexibility index (Phi) is 9.05. The zero-order valence-corrected chi connectivity index (χ0v) is 15.5. The number of benzene rings is 1. The molecule has 0 radical (unpaired) electrons. The number of aliphatic hydroxyl groups excluding tert-OH is 1. The van der Waals surface area contributed by atoms with Crippen molar-refractivity contribution in [1.82, 2.24) is 0 Å². The predicted octanol–water partition coefficient (Wildman–Crippen LogP) is 4.55. The highest BCUT2D eigenvalue weighted by Crippen LogP contribution is 2.37. The van der Waals surface area contributed by atoms with Crippen LogP contribution in [0, 0.1) is 11.8 Å². The average molecular weight is 376 g/mol. The summed E-state index contributed by atoms with van der Waals surface area (Å²) in [5.74, 6) is -0.0576. The van der Waals surface area contributed by atoms with Crippen molar-refractivity contribution in [2.24, 2.45) is 11.8 Å². The summed E-state index contributed by atoms with van der Waals surface area (Å²) in [4.78, 5) is 10.5. The quantitative estimate of drug-likeness (QED) is 0.439. The van der Waals surface area contributed by atoms with Crippen LogP contribution in [-0.4, -0.2) is 35.1 Å². The normalized spacial score (nSPS) is 23.9. The number of para-hydroxylation sites is 1. The zero-order valence-electron chi connectivity index (χ0n) is 15.5. The van der Waals surface area contributed by atoms with Gasteiger partial charge >= 0.3 is 5.97 Å². The van der Waals surface area contributed by atoms with Crippen LogP contribution in [0.2, 0.25) is 0 Å². The van der Waals surface area contributed by atoms with Crippen LogP contribution < -0.4 is 4.74 Å². The van der Waals surface area contributed by atoms with E-state index in [1.807, 2.05) is 48.6 Å². The van der Waals surface area contributed by atoms with Gasteiger partial charge in [-0.2, -0.15) is 0 Å². The van der Waals surface area contributed by atoms with Gasteiger partial charge in [-0.15, -0.1) is 0 Å². The molecule has 1 aromatic rings. The summed E-state index contributed by atoms with van der Waals surface area (Å²) in [6.45, 7) is 0.167. The first-order valence-electron chi connectivity index (χ1n) is 9.61. The molecular formula is C22H29FO4. The van der Waals surface area contributed by atoms with Gasteiger partial charge in [0.25, 0.3) is 0 Å². The molecule has 5 heteroatoms. The average Bonchev–Trinajstić information content (AvgIpc) is 3.01. The fourth-order valence-corrected chi connectivity index (χ4v) is 3.38. The molecule has 0 unspecified atom stereocenters. The van der Waals surface area contributed by atoms with Gasteiger partial charge in [0.15, 0.2) is 0 Å². The minimum atomic E-state index is -0.832. The van der Waals surface area contributed by atoms with Crippen molar-refractivity contribution in [1.29, 1.82) is 0 Å². The topological polar surface area (TPSA) is 66.8 Å². The fourth-order valence-electron chi connectivity index (χ4n) is 3.38. The Bertz CT molecular complexity index is 614. The molecule has 27 heavy (non-hydrogen) atoms. The van der Waals surface area contributed by atoms with Gasteiger partial charge in [-0.3, -0.25) is 4.79 Å². The Morgan fingerprint density at radius 3 is 2.78 bits per heavy atom. The number of hydrogen-bond acceptors (Lipinski definition) is 3. The molecule has 1 saturated carbocycles. The number of rotatable bonds is 11. The van der Waals surface area contributed by atoms with Gasteiger partial charge in [-0.25, -0.2) is 4.39 Å². The molecule has 0 saturated heterocycles. The molecule has 1 aliphatic rings. The lowest BCUT2D eigenvalue weighted by atomic mass is 9.91. The number of unbranched alkanes of at least 4 members (excludes halogenated alkanes) is 1. The Morgan fingerprint density at radius 1 is 1.26 bits per heavy atom. The lowest BCUT2D eigenvalue weighted by Gasteiger charge is -2.17. The van der Waals surface area contributed by atoms with Crippen LogP contribution in [-0.2, 0) is 4.79 Å². The Labute approximate surface area is 160 Å². The Hall–Kier alpha value is -2.14. The number of carbonyl (C=O) groups is 1. The van der Waals surface area contributed by atoms with Crippen LogP contribution in [0.3, 0.4) is 0 Å².